The lowest BCUT2D eigenvalue weighted by Gasteiger charge is -2.31. The van der Waals surface area contributed by atoms with Crippen molar-refractivity contribution in [1.29, 1.82) is 0 Å². The number of ether oxygens (including phenoxy) is 2. The lowest BCUT2D eigenvalue weighted by Crippen LogP contribution is -2.35. The van der Waals surface area contributed by atoms with E-state index in [0.29, 0.717) is 12.0 Å². The second-order valence-corrected chi connectivity index (χ2v) is 4.08. The fraction of sp³-hybridized carbons (Fsp3) is 0.727. The number of hydrogen-bond donors (Lipinski definition) is 1. The van der Waals surface area contributed by atoms with Crippen LogP contribution >= 0.6 is 0 Å². The van der Waals surface area contributed by atoms with Gasteiger partial charge in [-0.15, -0.1) is 0 Å². The number of nitrogens with zero attached hydrogens (tertiary/aromatic N) is 3. The summed E-state index contributed by atoms with van der Waals surface area (Å²) in [5.74, 6) is -0.501. The van der Waals surface area contributed by atoms with Crippen LogP contribution < -0.4 is 0 Å². The Bertz CT molecular complexity index is 376. The summed E-state index contributed by atoms with van der Waals surface area (Å²) in [5, 5.41) is 12.4. The highest BCUT2D eigenvalue weighted by Gasteiger charge is 2.32. The molecule has 1 aliphatic carbocycles. The zero-order chi connectivity index (χ0) is 13.5. The summed E-state index contributed by atoms with van der Waals surface area (Å²) in [6, 6.07) is -0.349. The molecule has 3 unspecified atom stereocenters. The maximum atomic E-state index is 11.5. The number of carbonyl (C=O) groups excluding carboxylic acids is 1. The van der Waals surface area contributed by atoms with Crippen LogP contribution in [0.3, 0.4) is 0 Å². The molecule has 0 fully saturated rings. The predicted molar refractivity (Wildman–Crippen MR) is 63.6 cm³/mol. The molecule has 18 heavy (non-hydrogen) atoms. The molecule has 3 atom stereocenters. The molecule has 0 radical (unpaired) electrons. The number of hydrogen-bond acceptors (Lipinski definition) is 5. The Hall–Kier alpha value is -1.56. The second-order valence-electron chi connectivity index (χ2n) is 4.08. The molecule has 7 nitrogen and oxygen atoms in total. The lowest BCUT2D eigenvalue weighted by molar-refractivity contribution is -0.136. The van der Waals surface area contributed by atoms with E-state index in [-0.39, 0.29) is 31.3 Å². The van der Waals surface area contributed by atoms with Gasteiger partial charge < -0.3 is 14.6 Å². The summed E-state index contributed by atoms with van der Waals surface area (Å²) >= 11 is 0. The van der Waals surface area contributed by atoms with Crippen LogP contribution in [0, 0.1) is 5.92 Å². The van der Waals surface area contributed by atoms with E-state index < -0.39 is 5.97 Å². The van der Waals surface area contributed by atoms with Gasteiger partial charge in [-0.3, -0.25) is 0 Å². The van der Waals surface area contributed by atoms with Crippen LogP contribution in [0.2, 0.25) is 0 Å². The maximum Gasteiger partial charge on any atom is 0.333 e. The Kier molecular flexibility index (Phi) is 5.64. The highest BCUT2D eigenvalue weighted by Crippen LogP contribution is 2.29. The summed E-state index contributed by atoms with van der Waals surface area (Å²) in [5.41, 5.74) is 8.96. The molecule has 1 aliphatic rings. The first-order valence-corrected chi connectivity index (χ1v) is 5.69. The third kappa shape index (κ3) is 3.46. The number of carbonyl (C=O) groups is 1. The molecule has 0 aliphatic heterocycles. The lowest BCUT2D eigenvalue weighted by atomic mass is 9.84. The minimum Gasteiger partial charge on any atom is -0.466 e. The summed E-state index contributed by atoms with van der Waals surface area (Å²) in [6.45, 7) is 1.95. The van der Waals surface area contributed by atoms with Gasteiger partial charge in [0.15, 0.2) is 0 Å². The first-order chi connectivity index (χ1) is 8.63. The van der Waals surface area contributed by atoms with Gasteiger partial charge >= 0.3 is 5.97 Å². The number of azide groups is 1. The standard InChI is InChI=1S/C11H17N3O4/c1-7-9(13-14-12)5-8(11(16)17-2)6-10(7)18-4-3-15/h6-7,9-10,15H,3-5H2,1-2H3. The van der Waals surface area contributed by atoms with Gasteiger partial charge in [0.1, 0.15) is 0 Å². The Balaban J connectivity index is 2.90. The Morgan fingerprint density at radius 1 is 1.72 bits per heavy atom. The van der Waals surface area contributed by atoms with Crippen LogP contribution in [-0.2, 0) is 14.3 Å². The fourth-order valence-corrected chi connectivity index (χ4v) is 1.93. The molecule has 0 aromatic carbocycles. The van der Waals surface area contributed by atoms with E-state index >= 15 is 0 Å². The van der Waals surface area contributed by atoms with E-state index in [1.54, 1.807) is 6.08 Å². The van der Waals surface area contributed by atoms with E-state index in [9.17, 15) is 4.79 Å². The Morgan fingerprint density at radius 3 is 3.00 bits per heavy atom. The summed E-state index contributed by atoms with van der Waals surface area (Å²) in [7, 11) is 1.30. The van der Waals surface area contributed by atoms with Crippen LogP contribution in [0.5, 0.6) is 0 Å². The van der Waals surface area contributed by atoms with Gasteiger partial charge in [0.25, 0.3) is 0 Å². The quantitative estimate of drug-likeness (QED) is 0.344. The Labute approximate surface area is 105 Å². The zero-order valence-corrected chi connectivity index (χ0v) is 10.4. The van der Waals surface area contributed by atoms with Crippen molar-refractivity contribution < 1.29 is 19.4 Å². The number of methoxy groups -OCH3 is 1. The predicted octanol–water partition coefficient (Wildman–Crippen LogP) is 1.18. The minimum absolute atomic E-state index is 0.0548. The molecule has 1 N–H and O–H groups in total. The topological polar surface area (TPSA) is 105 Å². The molecule has 0 aromatic heterocycles. The molecule has 0 aromatic rings. The second kappa shape index (κ2) is 7.00. The third-order valence-corrected chi connectivity index (χ3v) is 2.97. The molecule has 0 bridgehead atoms. The average molecular weight is 255 g/mol. The maximum absolute atomic E-state index is 11.5. The van der Waals surface area contributed by atoms with Crippen molar-refractivity contribution in [2.24, 2.45) is 11.0 Å². The summed E-state index contributed by atoms with van der Waals surface area (Å²) in [4.78, 5) is 14.3. The van der Waals surface area contributed by atoms with Crippen molar-refractivity contribution in [3.63, 3.8) is 0 Å². The van der Waals surface area contributed by atoms with Gasteiger partial charge in [-0.1, -0.05) is 12.0 Å². The van der Waals surface area contributed by atoms with Crippen molar-refractivity contribution in [3.05, 3.63) is 22.1 Å². The molecular weight excluding hydrogens is 238 g/mol. The van der Waals surface area contributed by atoms with E-state index in [1.807, 2.05) is 6.92 Å². The van der Waals surface area contributed by atoms with E-state index in [2.05, 4.69) is 14.8 Å². The smallest absolute Gasteiger partial charge is 0.333 e. The van der Waals surface area contributed by atoms with Gasteiger partial charge in [0.2, 0.25) is 0 Å². The molecular formula is C11H17N3O4. The first-order valence-electron chi connectivity index (χ1n) is 5.69. The molecule has 0 spiro atoms. The summed E-state index contributed by atoms with van der Waals surface area (Å²) < 4.78 is 10.1. The van der Waals surface area contributed by atoms with E-state index in [1.165, 1.54) is 7.11 Å². The van der Waals surface area contributed by atoms with Crippen molar-refractivity contribution in [3.8, 4) is 0 Å². The molecule has 0 amide bonds. The summed E-state index contributed by atoms with van der Waals surface area (Å²) in [6.07, 6.45) is 1.65. The van der Waals surface area contributed by atoms with Crippen LogP contribution in [-0.4, -0.2) is 43.5 Å². The van der Waals surface area contributed by atoms with E-state index in [0.717, 1.165) is 0 Å². The van der Waals surface area contributed by atoms with Gasteiger partial charge in [-0.05, 0) is 23.9 Å². The van der Waals surface area contributed by atoms with Crippen molar-refractivity contribution in [1.82, 2.24) is 0 Å². The van der Waals surface area contributed by atoms with Crippen LogP contribution in [0.15, 0.2) is 16.8 Å². The minimum atomic E-state index is -0.447. The van der Waals surface area contributed by atoms with Crippen LogP contribution in [0.4, 0.5) is 0 Å². The highest BCUT2D eigenvalue weighted by molar-refractivity contribution is 5.88. The molecule has 7 heteroatoms. The zero-order valence-electron chi connectivity index (χ0n) is 10.4. The number of esters is 1. The van der Waals surface area contributed by atoms with Crippen molar-refractivity contribution in [2.75, 3.05) is 20.3 Å². The largest absolute Gasteiger partial charge is 0.466 e. The van der Waals surface area contributed by atoms with Crippen molar-refractivity contribution in [2.45, 2.75) is 25.5 Å². The monoisotopic (exact) mass is 255 g/mol. The van der Waals surface area contributed by atoms with Gasteiger partial charge in [0.05, 0.1) is 26.4 Å². The van der Waals surface area contributed by atoms with E-state index in [4.69, 9.17) is 15.4 Å². The number of aliphatic hydroxyl groups is 1. The highest BCUT2D eigenvalue weighted by atomic mass is 16.5. The molecule has 100 valence electrons. The molecule has 0 saturated heterocycles. The fourth-order valence-electron chi connectivity index (χ4n) is 1.93. The van der Waals surface area contributed by atoms with Gasteiger partial charge in [0, 0.05) is 16.5 Å². The van der Waals surface area contributed by atoms with Crippen LogP contribution in [0.1, 0.15) is 13.3 Å². The first kappa shape index (κ1) is 14.5. The molecule has 0 saturated carbocycles. The molecule has 1 rings (SSSR count). The Morgan fingerprint density at radius 2 is 2.44 bits per heavy atom. The van der Waals surface area contributed by atoms with Crippen molar-refractivity contribution >= 4 is 5.97 Å². The molecule has 0 heterocycles. The number of aliphatic hydroxyl groups excluding tert-OH is 1. The third-order valence-electron chi connectivity index (χ3n) is 2.97. The average Bonchev–Trinajstić information content (AvgIpc) is 2.39. The SMILES string of the molecule is COC(=O)C1=CC(OCCO)C(C)C(N=[N+]=[N-])C1. The van der Waals surface area contributed by atoms with Gasteiger partial charge in [-0.25, -0.2) is 4.79 Å². The van der Waals surface area contributed by atoms with Crippen LogP contribution in [0.25, 0.3) is 10.4 Å². The van der Waals surface area contributed by atoms with Gasteiger partial charge in [-0.2, -0.15) is 0 Å². The normalized spacial score (nSPS) is 27.1. The number of rotatable bonds is 5.